The van der Waals surface area contributed by atoms with Gasteiger partial charge in [0, 0.05) is 11.8 Å². The van der Waals surface area contributed by atoms with Crippen LogP contribution < -0.4 is 5.32 Å². The van der Waals surface area contributed by atoms with Crippen molar-refractivity contribution in [3.63, 3.8) is 0 Å². The van der Waals surface area contributed by atoms with E-state index in [1.165, 1.54) is 18.2 Å². The number of rotatable bonds is 4. The van der Waals surface area contributed by atoms with Gasteiger partial charge >= 0.3 is 5.97 Å². The molecule has 7 nitrogen and oxygen atoms in total. The van der Waals surface area contributed by atoms with Crippen LogP contribution in [0.1, 0.15) is 19.3 Å². The Morgan fingerprint density at radius 2 is 2.05 bits per heavy atom. The summed E-state index contributed by atoms with van der Waals surface area (Å²) in [5, 5.41) is 22.4. The molecule has 20 heavy (non-hydrogen) atoms. The lowest BCUT2D eigenvalue weighted by Crippen LogP contribution is -2.48. The highest BCUT2D eigenvalue weighted by Crippen LogP contribution is 2.42. The number of carboxylic acids is 1. The number of nitro benzene ring substituents is 1. The summed E-state index contributed by atoms with van der Waals surface area (Å²) in [5.74, 6) is -1.79. The van der Waals surface area contributed by atoms with Crippen LogP contribution in [-0.2, 0) is 9.59 Å². The Morgan fingerprint density at radius 3 is 2.50 bits per heavy atom. The second kappa shape index (κ2) is 5.20. The number of nitrogens with one attached hydrogen (secondary N) is 1. The molecule has 1 aliphatic carbocycles. The predicted molar refractivity (Wildman–Crippen MR) is 73.3 cm³/mol. The van der Waals surface area contributed by atoms with E-state index in [-0.39, 0.29) is 28.7 Å². The highest BCUT2D eigenvalue weighted by Gasteiger charge is 2.51. The van der Waals surface area contributed by atoms with Crippen molar-refractivity contribution in [1.82, 2.24) is 0 Å². The Hall–Kier alpha value is -1.96. The highest BCUT2D eigenvalue weighted by atomic mass is 79.9. The summed E-state index contributed by atoms with van der Waals surface area (Å²) in [7, 11) is 0. The first-order valence-electron chi connectivity index (χ1n) is 5.85. The second-order valence-corrected chi connectivity index (χ2v) is 5.47. The number of benzene rings is 1. The van der Waals surface area contributed by atoms with E-state index < -0.39 is 22.2 Å². The Kier molecular flexibility index (Phi) is 3.76. The zero-order valence-corrected chi connectivity index (χ0v) is 11.8. The fourth-order valence-electron chi connectivity index (χ4n) is 2.05. The van der Waals surface area contributed by atoms with Crippen molar-refractivity contribution in [1.29, 1.82) is 0 Å². The number of amides is 1. The molecular weight excluding hydrogens is 332 g/mol. The third-order valence-electron chi connectivity index (χ3n) is 3.45. The van der Waals surface area contributed by atoms with E-state index in [4.69, 9.17) is 5.11 Å². The third-order valence-corrected chi connectivity index (χ3v) is 4.12. The summed E-state index contributed by atoms with van der Waals surface area (Å²) >= 11 is 3.04. The summed E-state index contributed by atoms with van der Waals surface area (Å²) < 4.78 is 0.289. The lowest BCUT2D eigenvalue weighted by Gasteiger charge is -2.35. The fraction of sp³-hybridized carbons (Fsp3) is 0.333. The van der Waals surface area contributed by atoms with Gasteiger partial charge in [0.25, 0.3) is 5.69 Å². The minimum absolute atomic E-state index is 0.194. The molecule has 0 aromatic heterocycles. The monoisotopic (exact) mass is 342 g/mol. The smallest absolute Gasteiger partial charge is 0.319 e. The summed E-state index contributed by atoms with van der Waals surface area (Å²) in [6.45, 7) is 0. The standard InChI is InChI=1S/C12H11BrN2O5/c13-8-3-2-7(6-9(8)15(19)20)14-10(16)12(11(17)18)4-1-5-12/h2-3,6H,1,4-5H2,(H,14,16)(H,17,18). The molecule has 0 saturated heterocycles. The number of nitrogens with zero attached hydrogens (tertiary/aromatic N) is 1. The first-order valence-corrected chi connectivity index (χ1v) is 6.65. The van der Waals surface area contributed by atoms with Crippen molar-refractivity contribution in [2.75, 3.05) is 5.32 Å². The molecule has 0 bridgehead atoms. The molecule has 1 aliphatic rings. The fourth-order valence-corrected chi connectivity index (χ4v) is 2.44. The minimum Gasteiger partial charge on any atom is -0.480 e. The predicted octanol–water partition coefficient (Wildman–Crippen LogP) is 2.55. The Balaban J connectivity index is 2.22. The van der Waals surface area contributed by atoms with Crippen LogP contribution in [0.25, 0.3) is 0 Å². The van der Waals surface area contributed by atoms with Crippen LogP contribution in [0.3, 0.4) is 0 Å². The van der Waals surface area contributed by atoms with Gasteiger partial charge < -0.3 is 10.4 Å². The van der Waals surface area contributed by atoms with E-state index in [9.17, 15) is 19.7 Å². The number of carbonyl (C=O) groups excluding carboxylic acids is 1. The normalized spacial score (nSPS) is 16.1. The zero-order valence-electron chi connectivity index (χ0n) is 10.3. The van der Waals surface area contributed by atoms with Crippen molar-refractivity contribution in [2.45, 2.75) is 19.3 Å². The summed E-state index contributed by atoms with van der Waals surface area (Å²) in [6.07, 6.45) is 1.25. The first-order chi connectivity index (χ1) is 9.36. The van der Waals surface area contributed by atoms with Crippen molar-refractivity contribution in [3.05, 3.63) is 32.8 Å². The van der Waals surface area contributed by atoms with Gasteiger partial charge in [0.1, 0.15) is 5.41 Å². The molecule has 0 radical (unpaired) electrons. The third kappa shape index (κ3) is 2.38. The SMILES string of the molecule is O=C(O)C1(C(=O)Nc2ccc(Br)c([N+](=O)[O-])c2)CCC1. The lowest BCUT2D eigenvalue weighted by atomic mass is 9.68. The maximum atomic E-state index is 12.1. The van der Waals surface area contributed by atoms with Gasteiger partial charge in [0.2, 0.25) is 5.91 Å². The van der Waals surface area contributed by atoms with Crippen molar-refractivity contribution < 1.29 is 19.6 Å². The largest absolute Gasteiger partial charge is 0.480 e. The maximum absolute atomic E-state index is 12.1. The summed E-state index contributed by atoms with van der Waals surface area (Å²) in [6, 6.07) is 4.10. The number of nitro groups is 1. The highest BCUT2D eigenvalue weighted by molar-refractivity contribution is 9.10. The molecule has 1 saturated carbocycles. The van der Waals surface area contributed by atoms with Crippen LogP contribution in [0.2, 0.25) is 0 Å². The molecule has 0 unspecified atom stereocenters. The molecular formula is C12H11BrN2O5. The topological polar surface area (TPSA) is 110 Å². The molecule has 2 N–H and O–H groups in total. The van der Waals surface area contributed by atoms with Gasteiger partial charge in [-0.1, -0.05) is 6.42 Å². The number of carboxylic acid groups (broad SMARTS) is 1. The number of anilines is 1. The zero-order chi connectivity index (χ0) is 14.9. The Morgan fingerprint density at radius 1 is 1.40 bits per heavy atom. The average molecular weight is 343 g/mol. The quantitative estimate of drug-likeness (QED) is 0.496. The van der Waals surface area contributed by atoms with Crippen LogP contribution in [-0.4, -0.2) is 21.9 Å². The molecule has 8 heteroatoms. The number of halogens is 1. The van der Waals surface area contributed by atoms with Crippen LogP contribution in [0.5, 0.6) is 0 Å². The van der Waals surface area contributed by atoms with Gasteiger partial charge in [-0.05, 0) is 40.9 Å². The van der Waals surface area contributed by atoms with Gasteiger partial charge in [0.15, 0.2) is 0 Å². The van der Waals surface area contributed by atoms with Crippen LogP contribution >= 0.6 is 15.9 Å². The first kappa shape index (κ1) is 14.4. The molecule has 1 aromatic rings. The van der Waals surface area contributed by atoms with E-state index in [0.29, 0.717) is 6.42 Å². The van der Waals surface area contributed by atoms with Gasteiger partial charge in [-0.2, -0.15) is 0 Å². The molecule has 0 spiro atoms. The number of hydrogen-bond donors (Lipinski definition) is 2. The molecule has 106 valence electrons. The average Bonchev–Trinajstić information content (AvgIpc) is 2.29. The maximum Gasteiger partial charge on any atom is 0.319 e. The van der Waals surface area contributed by atoms with Gasteiger partial charge in [0.05, 0.1) is 9.40 Å². The number of aliphatic carboxylic acids is 1. The van der Waals surface area contributed by atoms with Gasteiger partial charge in [-0.25, -0.2) is 0 Å². The van der Waals surface area contributed by atoms with Gasteiger partial charge in [-0.15, -0.1) is 0 Å². The molecule has 0 heterocycles. The van der Waals surface area contributed by atoms with Crippen LogP contribution in [0.4, 0.5) is 11.4 Å². The van der Waals surface area contributed by atoms with Crippen molar-refractivity contribution in [3.8, 4) is 0 Å². The lowest BCUT2D eigenvalue weighted by molar-refractivity contribution is -0.385. The minimum atomic E-state index is -1.40. The second-order valence-electron chi connectivity index (χ2n) is 4.62. The molecule has 1 aromatic carbocycles. The van der Waals surface area contributed by atoms with E-state index in [2.05, 4.69) is 21.2 Å². The molecule has 1 fully saturated rings. The Labute approximate surface area is 122 Å². The van der Waals surface area contributed by atoms with Crippen molar-refractivity contribution >= 4 is 39.2 Å². The van der Waals surface area contributed by atoms with Gasteiger partial charge in [-0.3, -0.25) is 19.7 Å². The van der Waals surface area contributed by atoms with E-state index in [1.807, 2.05) is 0 Å². The van der Waals surface area contributed by atoms with E-state index >= 15 is 0 Å². The van der Waals surface area contributed by atoms with Crippen LogP contribution in [0, 0.1) is 15.5 Å². The number of hydrogen-bond acceptors (Lipinski definition) is 4. The van der Waals surface area contributed by atoms with E-state index in [1.54, 1.807) is 0 Å². The Bertz CT molecular complexity index is 598. The molecule has 2 rings (SSSR count). The summed E-state index contributed by atoms with van der Waals surface area (Å²) in [4.78, 5) is 33.5. The molecule has 1 amide bonds. The van der Waals surface area contributed by atoms with Crippen LogP contribution in [0.15, 0.2) is 22.7 Å². The molecule has 0 atom stereocenters. The summed E-state index contributed by atoms with van der Waals surface area (Å²) in [5.41, 5.74) is -1.39. The van der Waals surface area contributed by atoms with Crippen molar-refractivity contribution in [2.24, 2.45) is 5.41 Å². The number of carbonyl (C=O) groups is 2. The van der Waals surface area contributed by atoms with E-state index in [0.717, 1.165) is 0 Å². The molecule has 0 aliphatic heterocycles.